The summed E-state index contributed by atoms with van der Waals surface area (Å²) >= 11 is 0. The first kappa shape index (κ1) is 12.7. The molecule has 4 heteroatoms. The fraction of sp³-hybridized carbons (Fsp3) is 0.125. The van der Waals surface area contributed by atoms with Crippen LogP contribution in [0.4, 0.5) is 4.39 Å². The number of nitrogens with one attached hydrogen (secondary N) is 1. The smallest absolute Gasteiger partial charge is 0.146 e. The van der Waals surface area contributed by atoms with E-state index in [1.807, 2.05) is 30.3 Å². The van der Waals surface area contributed by atoms with E-state index >= 15 is 0 Å². The quantitative estimate of drug-likeness (QED) is 0.792. The highest BCUT2D eigenvalue weighted by molar-refractivity contribution is 5.78. The molecule has 100 valence electrons. The maximum absolute atomic E-state index is 13.9. The zero-order valence-corrected chi connectivity index (χ0v) is 11.0. The van der Waals surface area contributed by atoms with Crippen LogP contribution >= 0.6 is 0 Å². The Morgan fingerprint density at radius 2 is 1.95 bits per heavy atom. The van der Waals surface area contributed by atoms with Crippen molar-refractivity contribution in [1.29, 1.82) is 0 Å². The van der Waals surface area contributed by atoms with E-state index in [2.05, 4.69) is 15.3 Å². The Labute approximate surface area is 116 Å². The minimum absolute atomic E-state index is 0.312. The topological polar surface area (TPSA) is 37.8 Å². The van der Waals surface area contributed by atoms with E-state index < -0.39 is 0 Å². The van der Waals surface area contributed by atoms with Crippen molar-refractivity contribution < 1.29 is 4.39 Å². The summed E-state index contributed by atoms with van der Waals surface area (Å²) in [5.74, 6) is -0.319. The second-order valence-electron chi connectivity index (χ2n) is 4.55. The fourth-order valence-corrected chi connectivity index (χ4v) is 2.32. The number of fused-ring (bicyclic) bond motifs is 1. The molecular formula is C16H14FN3. The largest absolute Gasteiger partial charge is 0.308 e. The van der Waals surface area contributed by atoms with Gasteiger partial charge >= 0.3 is 0 Å². The van der Waals surface area contributed by atoms with Gasteiger partial charge in [-0.05, 0) is 36.9 Å². The number of halogens is 1. The Balaban J connectivity index is 2.10. The molecule has 0 fully saturated rings. The van der Waals surface area contributed by atoms with Gasteiger partial charge in [0.1, 0.15) is 5.82 Å². The van der Waals surface area contributed by atoms with Gasteiger partial charge in [-0.2, -0.15) is 0 Å². The van der Waals surface area contributed by atoms with Crippen LogP contribution in [0.2, 0.25) is 0 Å². The molecule has 0 bridgehead atoms. The lowest BCUT2D eigenvalue weighted by atomic mass is 10.0. The van der Waals surface area contributed by atoms with Gasteiger partial charge in [-0.1, -0.05) is 18.2 Å². The molecule has 0 saturated heterocycles. The summed E-state index contributed by atoms with van der Waals surface area (Å²) in [5, 5.41) is 4.13. The molecule has 20 heavy (non-hydrogen) atoms. The molecule has 3 nitrogen and oxygen atoms in total. The third-order valence-corrected chi connectivity index (χ3v) is 3.29. The average Bonchev–Trinajstić information content (AvgIpc) is 2.50. The number of aromatic nitrogens is 2. The summed E-state index contributed by atoms with van der Waals surface area (Å²) in [4.78, 5) is 8.56. The summed E-state index contributed by atoms with van der Waals surface area (Å²) in [5.41, 5.74) is 2.20. The van der Waals surface area contributed by atoms with Crippen molar-refractivity contribution >= 4 is 10.9 Å². The van der Waals surface area contributed by atoms with Crippen LogP contribution in [0.3, 0.4) is 0 Å². The lowest BCUT2D eigenvalue weighted by Crippen LogP contribution is -2.20. The third kappa shape index (κ3) is 2.26. The van der Waals surface area contributed by atoms with Crippen molar-refractivity contribution in [2.45, 2.75) is 6.04 Å². The van der Waals surface area contributed by atoms with Gasteiger partial charge in [0.05, 0.1) is 17.3 Å². The van der Waals surface area contributed by atoms with Gasteiger partial charge in [0.2, 0.25) is 0 Å². The van der Waals surface area contributed by atoms with Crippen molar-refractivity contribution in [3.8, 4) is 0 Å². The lowest BCUT2D eigenvalue weighted by Gasteiger charge is -2.16. The van der Waals surface area contributed by atoms with E-state index in [4.69, 9.17) is 0 Å². The van der Waals surface area contributed by atoms with E-state index in [-0.39, 0.29) is 11.9 Å². The molecule has 0 aliphatic heterocycles. The molecule has 0 aliphatic rings. The van der Waals surface area contributed by atoms with Crippen LogP contribution in [-0.4, -0.2) is 17.0 Å². The molecule has 1 aromatic carbocycles. The summed E-state index contributed by atoms with van der Waals surface area (Å²) in [6, 6.07) is 12.6. The van der Waals surface area contributed by atoms with Crippen molar-refractivity contribution in [2.24, 2.45) is 0 Å². The van der Waals surface area contributed by atoms with Crippen LogP contribution in [0.1, 0.15) is 17.3 Å². The zero-order valence-electron chi connectivity index (χ0n) is 11.0. The number of nitrogens with zero attached hydrogens (tertiary/aromatic N) is 2. The highest BCUT2D eigenvalue weighted by Crippen LogP contribution is 2.24. The minimum Gasteiger partial charge on any atom is -0.308 e. The first-order valence-corrected chi connectivity index (χ1v) is 6.42. The Kier molecular flexibility index (Phi) is 3.39. The van der Waals surface area contributed by atoms with Crippen LogP contribution in [0.15, 0.2) is 54.9 Å². The van der Waals surface area contributed by atoms with Crippen molar-refractivity contribution in [3.63, 3.8) is 0 Å². The van der Waals surface area contributed by atoms with Crippen LogP contribution in [-0.2, 0) is 0 Å². The van der Waals surface area contributed by atoms with Crippen molar-refractivity contribution in [2.75, 3.05) is 7.05 Å². The van der Waals surface area contributed by atoms with Crippen LogP contribution in [0, 0.1) is 5.82 Å². The molecule has 3 aromatic rings. The molecule has 1 unspecified atom stereocenters. The highest BCUT2D eigenvalue weighted by Gasteiger charge is 2.18. The summed E-state index contributed by atoms with van der Waals surface area (Å²) in [6.45, 7) is 0. The minimum atomic E-state index is -0.319. The van der Waals surface area contributed by atoms with Gasteiger partial charge in [-0.15, -0.1) is 0 Å². The molecule has 3 rings (SSSR count). The molecular weight excluding hydrogens is 253 g/mol. The number of benzene rings is 1. The average molecular weight is 267 g/mol. The first-order valence-electron chi connectivity index (χ1n) is 6.42. The fourth-order valence-electron chi connectivity index (χ4n) is 2.32. The van der Waals surface area contributed by atoms with E-state index in [0.717, 1.165) is 16.5 Å². The summed E-state index contributed by atoms with van der Waals surface area (Å²) in [7, 11) is 1.79. The molecule has 0 amide bonds. The predicted octanol–water partition coefficient (Wildman–Crippen LogP) is 3.08. The number of rotatable bonds is 3. The van der Waals surface area contributed by atoms with Gasteiger partial charge in [0.15, 0.2) is 0 Å². The second kappa shape index (κ2) is 5.35. The Hall–Kier alpha value is -2.33. The molecule has 0 radical (unpaired) electrons. The number of pyridine rings is 2. The normalized spacial score (nSPS) is 12.5. The van der Waals surface area contributed by atoms with Gasteiger partial charge in [-0.25, -0.2) is 4.39 Å². The number of hydrogen-bond donors (Lipinski definition) is 1. The van der Waals surface area contributed by atoms with Crippen molar-refractivity contribution in [3.05, 3.63) is 71.9 Å². The molecule has 0 saturated carbocycles. The standard InChI is InChI=1S/C16H14FN3/c1-18-15(16-13(17)6-4-8-19-16)12-9-11-5-2-3-7-14(11)20-10-12/h2-10,15,18H,1H3. The van der Waals surface area contributed by atoms with E-state index in [1.54, 1.807) is 25.5 Å². The predicted molar refractivity (Wildman–Crippen MR) is 76.8 cm³/mol. The molecule has 2 heterocycles. The lowest BCUT2D eigenvalue weighted by molar-refractivity contribution is 0.559. The summed E-state index contributed by atoms with van der Waals surface area (Å²) in [6.07, 6.45) is 3.36. The van der Waals surface area contributed by atoms with Crippen molar-refractivity contribution in [1.82, 2.24) is 15.3 Å². The monoisotopic (exact) mass is 267 g/mol. The molecule has 0 aliphatic carbocycles. The maximum atomic E-state index is 13.9. The second-order valence-corrected chi connectivity index (χ2v) is 4.55. The van der Waals surface area contributed by atoms with E-state index in [1.165, 1.54) is 6.07 Å². The summed E-state index contributed by atoms with van der Waals surface area (Å²) < 4.78 is 13.9. The Bertz CT molecular complexity index is 742. The Morgan fingerprint density at radius 1 is 1.10 bits per heavy atom. The van der Waals surface area contributed by atoms with Crippen LogP contribution < -0.4 is 5.32 Å². The van der Waals surface area contributed by atoms with E-state index in [9.17, 15) is 4.39 Å². The van der Waals surface area contributed by atoms with Gasteiger partial charge in [0, 0.05) is 17.8 Å². The Morgan fingerprint density at radius 3 is 2.75 bits per heavy atom. The number of hydrogen-bond acceptors (Lipinski definition) is 3. The SMILES string of the molecule is CNC(c1cnc2ccccc2c1)c1ncccc1F. The van der Waals surface area contributed by atoms with Crippen LogP contribution in [0.5, 0.6) is 0 Å². The number of para-hydroxylation sites is 1. The van der Waals surface area contributed by atoms with Gasteiger partial charge in [0.25, 0.3) is 0 Å². The molecule has 1 N–H and O–H groups in total. The third-order valence-electron chi connectivity index (χ3n) is 3.29. The van der Waals surface area contributed by atoms with Gasteiger partial charge < -0.3 is 5.32 Å². The van der Waals surface area contributed by atoms with Crippen LogP contribution in [0.25, 0.3) is 10.9 Å². The van der Waals surface area contributed by atoms with Gasteiger partial charge in [-0.3, -0.25) is 9.97 Å². The molecule has 1 atom stereocenters. The van der Waals surface area contributed by atoms with E-state index in [0.29, 0.717) is 5.69 Å². The maximum Gasteiger partial charge on any atom is 0.146 e. The first-order chi connectivity index (χ1) is 9.79. The zero-order chi connectivity index (χ0) is 13.9. The molecule has 0 spiro atoms. The molecule has 2 aromatic heterocycles. The highest BCUT2D eigenvalue weighted by atomic mass is 19.1.